The molecule has 3 saturated heterocycles. The predicted octanol–water partition coefficient (Wildman–Crippen LogP) is -0.878. The Balaban J connectivity index is 1.93. The Morgan fingerprint density at radius 3 is 1.33 bits per heavy atom. The molecule has 3 aliphatic rings. The van der Waals surface area contributed by atoms with Crippen molar-refractivity contribution in [3.63, 3.8) is 0 Å². The molecule has 0 unspecified atom stereocenters. The van der Waals surface area contributed by atoms with Crippen molar-refractivity contribution in [2.75, 3.05) is 98.0 Å². The molecule has 0 radical (unpaired) electrons. The van der Waals surface area contributed by atoms with Gasteiger partial charge in [0.15, 0.2) is 25.2 Å². The second kappa shape index (κ2) is 23.8. The predicted molar refractivity (Wildman–Crippen MR) is 185 cm³/mol. The average Bonchev–Trinajstić information content (AvgIpc) is 3.18. The van der Waals surface area contributed by atoms with Gasteiger partial charge < -0.3 is 90.4 Å². The van der Waals surface area contributed by atoms with Gasteiger partial charge in [0, 0.05) is 78.2 Å². The lowest BCUT2D eigenvalue weighted by Crippen LogP contribution is -2.68. The van der Waals surface area contributed by atoms with Crippen molar-refractivity contribution in [2.24, 2.45) is 0 Å². The molecule has 0 saturated carbocycles. The first kappa shape index (κ1) is 47.1. The zero-order chi connectivity index (χ0) is 39.9. The molecule has 1 N–H and O–H groups in total. The van der Waals surface area contributed by atoms with Crippen molar-refractivity contribution in [3.8, 4) is 0 Å². The van der Waals surface area contributed by atoms with E-state index in [1.165, 1.54) is 84.3 Å². The van der Waals surface area contributed by atoms with Crippen molar-refractivity contribution >= 4 is 6.29 Å². The van der Waals surface area contributed by atoms with E-state index >= 15 is 0 Å². The monoisotopic (exact) mass is 786 g/mol. The van der Waals surface area contributed by atoms with Crippen molar-refractivity contribution < 1.29 is 90.4 Å². The lowest BCUT2D eigenvalue weighted by atomic mass is 9.95. The van der Waals surface area contributed by atoms with E-state index in [-0.39, 0.29) is 19.8 Å². The first-order valence-electron chi connectivity index (χ1n) is 17.5. The van der Waals surface area contributed by atoms with Gasteiger partial charge in [0.25, 0.3) is 0 Å². The van der Waals surface area contributed by atoms with Crippen LogP contribution >= 0.6 is 0 Å². The summed E-state index contributed by atoms with van der Waals surface area (Å²) in [6.45, 7) is 4.02. The van der Waals surface area contributed by atoms with E-state index < -0.39 is 110 Å². The first-order chi connectivity index (χ1) is 26.1. The third-order valence-corrected chi connectivity index (χ3v) is 9.86. The van der Waals surface area contributed by atoms with Gasteiger partial charge in [-0.2, -0.15) is 0 Å². The molecule has 0 spiro atoms. The lowest BCUT2D eigenvalue weighted by molar-refractivity contribution is -0.387. The van der Waals surface area contributed by atoms with Crippen LogP contribution in [0.3, 0.4) is 0 Å². The van der Waals surface area contributed by atoms with Crippen LogP contribution in [0, 0.1) is 0 Å². The van der Waals surface area contributed by atoms with Crippen molar-refractivity contribution in [3.05, 3.63) is 12.7 Å². The van der Waals surface area contributed by atoms with Crippen LogP contribution in [0.4, 0.5) is 0 Å². The van der Waals surface area contributed by atoms with Crippen LogP contribution in [0.1, 0.15) is 0 Å². The molecule has 54 heavy (non-hydrogen) atoms. The average molecular weight is 787 g/mol. The maximum atomic E-state index is 11.7. The molecule has 0 aromatic heterocycles. The highest BCUT2D eigenvalue weighted by molar-refractivity contribution is 5.57. The first-order valence-corrected chi connectivity index (χ1v) is 17.5. The van der Waals surface area contributed by atoms with Crippen molar-refractivity contribution in [2.45, 2.75) is 110 Å². The Hall–Kier alpha value is -1.31. The van der Waals surface area contributed by atoms with Crippen LogP contribution in [0.25, 0.3) is 0 Å². The fraction of sp³-hybridized carbons (Fsp3) is 0.914. The molecule has 18 atom stereocenters. The second-order valence-corrected chi connectivity index (χ2v) is 12.8. The van der Waals surface area contributed by atoms with Gasteiger partial charge in [0.05, 0.1) is 19.8 Å². The van der Waals surface area contributed by atoms with E-state index in [1.54, 1.807) is 0 Å². The molecule has 3 rings (SSSR count). The molecule has 3 aliphatic heterocycles. The molecular weight excluding hydrogens is 724 g/mol. The minimum Gasteiger partial charge on any atom is -0.387 e. The third kappa shape index (κ3) is 10.8. The minimum atomic E-state index is -1.10. The van der Waals surface area contributed by atoms with E-state index in [4.69, 9.17) is 80.5 Å². The van der Waals surface area contributed by atoms with E-state index in [9.17, 15) is 9.90 Å². The molecule has 0 aromatic carbocycles. The number of aliphatic hydroxyl groups excluding tert-OH is 1. The van der Waals surface area contributed by atoms with Crippen LogP contribution in [0.2, 0.25) is 0 Å². The third-order valence-electron chi connectivity index (χ3n) is 9.86. The Morgan fingerprint density at radius 2 is 0.944 bits per heavy atom. The summed E-state index contributed by atoms with van der Waals surface area (Å²) in [5.41, 5.74) is 0. The zero-order valence-electron chi connectivity index (χ0n) is 33.2. The van der Waals surface area contributed by atoms with E-state index in [0.29, 0.717) is 6.29 Å². The number of methoxy groups -OCH3 is 11. The summed E-state index contributed by atoms with van der Waals surface area (Å²) in [4.78, 5) is 11.7. The second-order valence-electron chi connectivity index (χ2n) is 12.8. The van der Waals surface area contributed by atoms with Gasteiger partial charge in [-0.05, 0) is 0 Å². The number of hydrogen-bond acceptors (Lipinski definition) is 19. The quantitative estimate of drug-likeness (QED) is 0.0936. The zero-order valence-corrected chi connectivity index (χ0v) is 33.2. The molecule has 0 bridgehead atoms. The van der Waals surface area contributed by atoms with E-state index in [0.717, 1.165) is 0 Å². The van der Waals surface area contributed by atoms with Crippen molar-refractivity contribution in [1.29, 1.82) is 0 Å². The number of rotatable bonds is 24. The summed E-state index contributed by atoms with van der Waals surface area (Å²) in [7, 11) is 16.2. The maximum Gasteiger partial charge on any atom is 0.187 e. The number of ether oxygens (including phenoxy) is 17. The number of hydrogen-bond donors (Lipinski definition) is 1. The lowest BCUT2D eigenvalue weighted by Gasteiger charge is -2.51. The normalized spacial score (nSPS) is 39.1. The van der Waals surface area contributed by atoms with E-state index in [1.807, 2.05) is 0 Å². The van der Waals surface area contributed by atoms with Crippen LogP contribution in [0.15, 0.2) is 12.7 Å². The SMILES string of the molecule is C=C[C@@H](O[C@H]1O[C@H](COC)[C@@H](O[C@H]2O[C@H](COC)[C@@H](O[C@H]3O[C@H](COC)[C@@H](O)[C@H](OC)[C@H]3OC)[C@H](OC)[C@H]2OC)[C@H](OC)[C@H]1OC)[C@H](OC)[C@H](C=O)OC. The summed E-state index contributed by atoms with van der Waals surface area (Å²) in [5, 5.41) is 10.9. The highest BCUT2D eigenvalue weighted by Crippen LogP contribution is 2.37. The van der Waals surface area contributed by atoms with Crippen LogP contribution in [0.5, 0.6) is 0 Å². The van der Waals surface area contributed by atoms with Crippen molar-refractivity contribution in [1.82, 2.24) is 0 Å². The van der Waals surface area contributed by atoms with Gasteiger partial charge in [-0.15, -0.1) is 6.58 Å². The summed E-state index contributed by atoms with van der Waals surface area (Å²) < 4.78 is 101. The van der Waals surface area contributed by atoms with Crippen LogP contribution < -0.4 is 0 Å². The number of carbonyl (C=O) groups excluding carboxylic acids is 1. The Morgan fingerprint density at radius 1 is 0.537 bits per heavy atom. The topological polar surface area (TPSA) is 194 Å². The number of aldehydes is 1. The summed E-state index contributed by atoms with van der Waals surface area (Å²) in [6, 6.07) is 0. The molecule has 3 heterocycles. The summed E-state index contributed by atoms with van der Waals surface area (Å²) in [6.07, 6.45) is -14.1. The number of carbonyl (C=O) groups is 1. The molecule has 19 nitrogen and oxygen atoms in total. The maximum absolute atomic E-state index is 11.7. The molecule has 19 heteroatoms. The van der Waals surface area contributed by atoms with Gasteiger partial charge >= 0.3 is 0 Å². The molecule has 3 fully saturated rings. The molecular formula is C35H62O19. The van der Waals surface area contributed by atoms with Gasteiger partial charge in [-0.1, -0.05) is 6.08 Å². The molecule has 316 valence electrons. The highest BCUT2D eigenvalue weighted by Gasteiger charge is 2.56. The van der Waals surface area contributed by atoms with E-state index in [2.05, 4.69) is 6.58 Å². The summed E-state index contributed by atoms with van der Waals surface area (Å²) in [5.74, 6) is 0. The highest BCUT2D eigenvalue weighted by atomic mass is 16.8. The van der Waals surface area contributed by atoms with Gasteiger partial charge in [0.1, 0.15) is 91.6 Å². The van der Waals surface area contributed by atoms with Gasteiger partial charge in [-0.25, -0.2) is 0 Å². The Kier molecular flexibility index (Phi) is 20.8. The largest absolute Gasteiger partial charge is 0.387 e. The summed E-state index contributed by atoms with van der Waals surface area (Å²) >= 11 is 0. The molecule has 0 amide bonds. The Bertz CT molecular complexity index is 1060. The van der Waals surface area contributed by atoms with Gasteiger partial charge in [0.2, 0.25) is 0 Å². The van der Waals surface area contributed by atoms with Crippen LogP contribution in [-0.2, 0) is 85.3 Å². The smallest absolute Gasteiger partial charge is 0.187 e. The molecule has 0 aliphatic carbocycles. The fourth-order valence-electron chi connectivity index (χ4n) is 7.21. The minimum absolute atomic E-state index is 0.0419. The standard InChI is InChI=1S/C35H62O19/c1-13-18(24(42-6)19(14-36)41-5)49-33-31(47-11)28(44-8)25(21(51-33)16-39-3)54-35-32(48-12)29(45-9)26(22(52-35)17-40-4)53-34-30(46-10)27(43-7)23(37)20(50-34)15-38-2/h13-14,18-35,37H,1,15-17H2,2-12H3/t18-,19+,20-,21-,22-,23-,24+,25-,26-,27+,28+,29+,30-,31-,32-,33+,34-,35-/m1/s1. The van der Waals surface area contributed by atoms with Crippen LogP contribution in [-0.4, -0.2) is 220 Å². The Labute approximate surface area is 317 Å². The number of aliphatic hydroxyl groups is 1. The van der Waals surface area contributed by atoms with Gasteiger partial charge in [-0.3, -0.25) is 0 Å². The molecule has 0 aromatic rings. The fourth-order valence-corrected chi connectivity index (χ4v) is 7.21.